The number of carbonyl (C=O) groups is 1. The summed E-state index contributed by atoms with van der Waals surface area (Å²) >= 11 is 0. The van der Waals surface area contributed by atoms with Gasteiger partial charge in [-0.05, 0) is 43.5 Å². The summed E-state index contributed by atoms with van der Waals surface area (Å²) in [6.07, 6.45) is 1.19. The number of hydrogen-bond acceptors (Lipinski definition) is 5. The van der Waals surface area contributed by atoms with Crippen LogP contribution in [0.4, 0.5) is 23.4 Å². The minimum atomic E-state index is -4.45. The molecule has 2 aliphatic rings. The average Bonchev–Trinajstić information content (AvgIpc) is 3.49. The number of carbonyl (C=O) groups excluding carboxylic acids is 1. The van der Waals surface area contributed by atoms with Crippen molar-refractivity contribution in [3.63, 3.8) is 0 Å². The predicted octanol–water partition coefficient (Wildman–Crippen LogP) is 4.75. The number of nitrogens with one attached hydrogen (secondary N) is 1. The lowest BCUT2D eigenvalue weighted by atomic mass is 9.95. The van der Waals surface area contributed by atoms with E-state index in [0.717, 1.165) is 25.1 Å². The number of rotatable bonds is 4. The number of hydrogen-bond donors (Lipinski definition) is 1. The van der Waals surface area contributed by atoms with Crippen molar-refractivity contribution in [1.82, 2.24) is 14.9 Å². The molecule has 2 saturated heterocycles. The summed E-state index contributed by atoms with van der Waals surface area (Å²) in [4.78, 5) is 23.1. The Kier molecular flexibility index (Phi) is 4.87. The Hall–Kier alpha value is -3.43. The highest BCUT2D eigenvalue weighted by Gasteiger charge is 2.49. The molecule has 0 unspecified atom stereocenters. The smallest absolute Gasteiger partial charge is 0.417 e. The Morgan fingerprint density at radius 2 is 2.00 bits per heavy atom. The monoisotopic (exact) mass is 446 g/mol. The molecule has 2 bridgehead atoms. The topological polar surface area (TPSA) is 71.3 Å². The zero-order valence-corrected chi connectivity index (χ0v) is 16.6. The first kappa shape index (κ1) is 20.5. The van der Waals surface area contributed by atoms with Gasteiger partial charge in [0, 0.05) is 18.3 Å². The van der Waals surface area contributed by atoms with Gasteiger partial charge in [0.15, 0.2) is 0 Å². The van der Waals surface area contributed by atoms with Crippen LogP contribution in [-0.4, -0.2) is 38.9 Å². The van der Waals surface area contributed by atoms with Crippen LogP contribution in [0, 0.1) is 5.82 Å². The molecular formula is C22H18F4N4O2. The van der Waals surface area contributed by atoms with Crippen LogP contribution in [0.5, 0.6) is 0 Å². The van der Waals surface area contributed by atoms with Crippen LogP contribution in [0.15, 0.2) is 53.4 Å². The summed E-state index contributed by atoms with van der Waals surface area (Å²) in [7, 11) is 0. The summed E-state index contributed by atoms with van der Waals surface area (Å²) in [5.41, 5.74) is -0.640. The van der Waals surface area contributed by atoms with Crippen LogP contribution < -0.4 is 5.32 Å². The molecule has 0 aliphatic carbocycles. The molecule has 0 spiro atoms. The van der Waals surface area contributed by atoms with Gasteiger partial charge < -0.3 is 14.6 Å². The second-order valence-corrected chi connectivity index (χ2v) is 7.93. The lowest BCUT2D eigenvalue weighted by molar-refractivity contribution is -0.137. The molecule has 0 radical (unpaired) electrons. The fourth-order valence-electron chi connectivity index (χ4n) is 4.70. The van der Waals surface area contributed by atoms with Gasteiger partial charge in [0.25, 0.3) is 5.91 Å². The highest BCUT2D eigenvalue weighted by molar-refractivity contribution is 6.00. The average molecular weight is 446 g/mol. The molecule has 32 heavy (non-hydrogen) atoms. The number of amides is 1. The van der Waals surface area contributed by atoms with Crippen molar-refractivity contribution in [2.24, 2.45) is 0 Å². The molecule has 2 aliphatic heterocycles. The number of anilines is 1. The van der Waals surface area contributed by atoms with Crippen molar-refractivity contribution >= 4 is 11.7 Å². The number of fused-ring (bicyclic) bond motifs is 2. The second-order valence-electron chi connectivity index (χ2n) is 7.93. The van der Waals surface area contributed by atoms with Gasteiger partial charge in [0.1, 0.15) is 17.9 Å². The van der Waals surface area contributed by atoms with E-state index >= 15 is 0 Å². The van der Waals surface area contributed by atoms with E-state index in [-0.39, 0.29) is 41.1 Å². The molecule has 1 N–H and O–H groups in total. The maximum absolute atomic E-state index is 14.6. The second kappa shape index (κ2) is 7.61. The third kappa shape index (κ3) is 3.49. The largest absolute Gasteiger partial charge is 0.444 e. The van der Waals surface area contributed by atoms with Gasteiger partial charge in [0.05, 0.1) is 28.9 Å². The number of nitrogens with zero attached hydrogens (tertiary/aromatic N) is 3. The van der Waals surface area contributed by atoms with Gasteiger partial charge in [0.2, 0.25) is 5.89 Å². The van der Waals surface area contributed by atoms with Crippen molar-refractivity contribution in [3.8, 4) is 11.5 Å². The molecule has 3 aromatic rings. The highest BCUT2D eigenvalue weighted by Crippen LogP contribution is 2.41. The lowest BCUT2D eigenvalue weighted by Gasteiger charge is -2.26. The maximum Gasteiger partial charge on any atom is 0.417 e. The SMILES string of the molecule is O=C(c1cccc(F)c1-c1ncco1)N1[C@@H]2CC[C@H]1[C@H](Nc1ccc(C(F)(F)F)cn1)C2. The molecule has 2 aromatic heterocycles. The van der Waals surface area contributed by atoms with Gasteiger partial charge in [-0.3, -0.25) is 4.79 Å². The van der Waals surface area contributed by atoms with E-state index in [2.05, 4.69) is 15.3 Å². The van der Waals surface area contributed by atoms with E-state index < -0.39 is 17.6 Å². The van der Waals surface area contributed by atoms with Gasteiger partial charge in [-0.1, -0.05) is 6.07 Å². The minimum Gasteiger partial charge on any atom is -0.444 e. The molecular weight excluding hydrogens is 428 g/mol. The fraction of sp³-hybridized carbons (Fsp3) is 0.318. The van der Waals surface area contributed by atoms with Crippen molar-refractivity contribution in [3.05, 3.63) is 65.9 Å². The third-order valence-electron chi connectivity index (χ3n) is 6.09. The Morgan fingerprint density at radius 1 is 1.16 bits per heavy atom. The predicted molar refractivity (Wildman–Crippen MR) is 106 cm³/mol. The molecule has 3 atom stereocenters. The van der Waals surface area contributed by atoms with Crippen LogP contribution in [0.2, 0.25) is 0 Å². The van der Waals surface area contributed by atoms with Crippen LogP contribution >= 0.6 is 0 Å². The summed E-state index contributed by atoms with van der Waals surface area (Å²) in [6, 6.07) is 6.11. The van der Waals surface area contributed by atoms with Crippen molar-refractivity contribution in [2.45, 2.75) is 43.6 Å². The van der Waals surface area contributed by atoms with Gasteiger partial charge in [-0.2, -0.15) is 13.2 Å². The van der Waals surface area contributed by atoms with E-state index in [0.29, 0.717) is 12.2 Å². The first-order valence-electron chi connectivity index (χ1n) is 10.1. The zero-order valence-electron chi connectivity index (χ0n) is 16.6. The van der Waals surface area contributed by atoms with Gasteiger partial charge >= 0.3 is 6.18 Å². The van der Waals surface area contributed by atoms with Crippen LogP contribution in [0.25, 0.3) is 11.5 Å². The fourth-order valence-corrected chi connectivity index (χ4v) is 4.70. The summed E-state index contributed by atoms with van der Waals surface area (Å²) in [5.74, 6) is -0.584. The molecule has 4 heterocycles. The van der Waals surface area contributed by atoms with E-state index in [9.17, 15) is 22.4 Å². The van der Waals surface area contributed by atoms with Crippen molar-refractivity contribution in [2.75, 3.05) is 5.32 Å². The number of halogens is 4. The number of benzene rings is 1. The quantitative estimate of drug-likeness (QED) is 0.586. The highest BCUT2D eigenvalue weighted by atomic mass is 19.4. The van der Waals surface area contributed by atoms with Crippen molar-refractivity contribution < 1.29 is 26.8 Å². The number of aromatic nitrogens is 2. The lowest BCUT2D eigenvalue weighted by Crippen LogP contribution is -2.40. The number of alkyl halides is 3. The first-order valence-corrected chi connectivity index (χ1v) is 10.1. The molecule has 1 amide bonds. The summed E-state index contributed by atoms with van der Waals surface area (Å²) < 4.78 is 58.1. The minimum absolute atomic E-state index is 0.0164. The third-order valence-corrected chi connectivity index (χ3v) is 6.09. The standard InChI is InChI=1S/C22H18F4N4O2/c23-15-3-1-2-14(19(15)20-27-8-9-32-20)21(31)30-13-5-6-17(30)16(10-13)29-18-7-4-12(11-28-18)22(24,25)26/h1-4,7-9,11,13,16-17H,5-6,10H2,(H,28,29)/t13-,16-,17+/m1/s1. The molecule has 166 valence electrons. The number of oxazole rings is 1. The van der Waals surface area contributed by atoms with Crippen LogP contribution in [-0.2, 0) is 6.18 Å². The van der Waals surface area contributed by atoms with E-state index in [1.807, 2.05) is 0 Å². The van der Waals surface area contributed by atoms with Gasteiger partial charge in [-0.25, -0.2) is 14.4 Å². The molecule has 2 fully saturated rings. The normalized spacial score (nSPS) is 22.4. The molecule has 0 saturated carbocycles. The Balaban J connectivity index is 1.38. The van der Waals surface area contributed by atoms with Crippen LogP contribution in [0.3, 0.4) is 0 Å². The van der Waals surface area contributed by atoms with Crippen LogP contribution in [0.1, 0.15) is 35.2 Å². The number of pyridine rings is 1. The Labute approximate surface area is 180 Å². The van der Waals surface area contributed by atoms with E-state index in [4.69, 9.17) is 4.42 Å². The molecule has 1 aromatic carbocycles. The zero-order chi connectivity index (χ0) is 22.5. The van der Waals surface area contributed by atoms with E-state index in [1.54, 1.807) is 11.0 Å². The first-order chi connectivity index (χ1) is 15.3. The summed E-state index contributed by atoms with van der Waals surface area (Å²) in [6.45, 7) is 0. The summed E-state index contributed by atoms with van der Waals surface area (Å²) in [5, 5.41) is 3.16. The van der Waals surface area contributed by atoms with Gasteiger partial charge in [-0.15, -0.1) is 0 Å². The Bertz CT molecular complexity index is 1130. The maximum atomic E-state index is 14.6. The molecule has 6 nitrogen and oxygen atoms in total. The van der Waals surface area contributed by atoms with Crippen molar-refractivity contribution in [1.29, 1.82) is 0 Å². The molecule has 5 rings (SSSR count). The van der Waals surface area contributed by atoms with E-state index in [1.165, 1.54) is 30.7 Å². The Morgan fingerprint density at radius 3 is 2.69 bits per heavy atom. The molecule has 10 heteroatoms.